The molecule has 47 heavy (non-hydrogen) atoms. The SMILES string of the molecule is Cc1ncsc1-c1ccc(CNC(=O)[C@@H]2CN(C(=O)C(NC(=O)CCOCCOCCOCCOCCN)C(C)(C)C)C[C@H]2O)cc1. The molecule has 0 saturated carbocycles. The first-order chi connectivity index (χ1) is 22.5. The summed E-state index contributed by atoms with van der Waals surface area (Å²) in [5.41, 5.74) is 9.52. The molecule has 0 aliphatic carbocycles. The number of rotatable bonds is 20. The molecule has 0 radical (unpaired) electrons. The number of aliphatic hydroxyl groups is 1. The van der Waals surface area contributed by atoms with E-state index in [1.165, 1.54) is 4.90 Å². The van der Waals surface area contributed by atoms with Gasteiger partial charge in [-0.15, -0.1) is 11.3 Å². The van der Waals surface area contributed by atoms with E-state index in [2.05, 4.69) is 15.6 Å². The van der Waals surface area contributed by atoms with Crippen molar-refractivity contribution >= 4 is 29.1 Å². The Morgan fingerprint density at radius 3 is 2.13 bits per heavy atom. The van der Waals surface area contributed by atoms with Gasteiger partial charge in [-0.3, -0.25) is 14.4 Å². The number of β-amino-alcohol motifs (C(OH)–C–C–N with tert-alkyl or cyclic N) is 1. The number of nitrogens with one attached hydrogen (secondary N) is 2. The van der Waals surface area contributed by atoms with Crippen molar-refractivity contribution in [1.29, 1.82) is 0 Å². The van der Waals surface area contributed by atoms with Crippen molar-refractivity contribution in [2.24, 2.45) is 17.1 Å². The summed E-state index contributed by atoms with van der Waals surface area (Å²) < 4.78 is 21.5. The fourth-order valence-electron chi connectivity index (χ4n) is 4.97. The van der Waals surface area contributed by atoms with Crippen LogP contribution in [0.4, 0.5) is 0 Å². The van der Waals surface area contributed by atoms with Crippen LogP contribution in [0.5, 0.6) is 0 Å². The molecule has 3 atom stereocenters. The molecule has 5 N–H and O–H groups in total. The summed E-state index contributed by atoms with van der Waals surface area (Å²) in [5, 5.41) is 16.4. The molecule has 2 heterocycles. The Hall–Kier alpha value is -2.98. The Kier molecular flexibility index (Phi) is 16.2. The van der Waals surface area contributed by atoms with Crippen LogP contribution >= 0.6 is 11.3 Å². The zero-order valence-electron chi connectivity index (χ0n) is 28.0. The van der Waals surface area contributed by atoms with Crippen LogP contribution < -0.4 is 16.4 Å². The molecule has 13 nitrogen and oxygen atoms in total. The second-order valence-corrected chi connectivity index (χ2v) is 13.3. The lowest BCUT2D eigenvalue weighted by atomic mass is 9.85. The van der Waals surface area contributed by atoms with E-state index in [0.29, 0.717) is 59.3 Å². The Balaban J connectivity index is 1.37. The number of aliphatic hydroxyl groups excluding tert-OH is 1. The topological polar surface area (TPSA) is 175 Å². The van der Waals surface area contributed by atoms with Crippen LogP contribution in [0.3, 0.4) is 0 Å². The van der Waals surface area contributed by atoms with Crippen LogP contribution in [0.25, 0.3) is 10.4 Å². The number of nitrogens with zero attached hydrogens (tertiary/aromatic N) is 2. The lowest BCUT2D eigenvalue weighted by Crippen LogP contribution is -2.54. The molecule has 1 unspecified atom stereocenters. The van der Waals surface area contributed by atoms with Crippen molar-refractivity contribution in [3.63, 3.8) is 0 Å². The number of thiazole rings is 1. The minimum absolute atomic E-state index is 0.0124. The van der Waals surface area contributed by atoms with E-state index in [1.807, 2.05) is 57.5 Å². The number of benzene rings is 1. The third-order valence-corrected chi connectivity index (χ3v) is 8.61. The third-order valence-electron chi connectivity index (χ3n) is 7.64. The maximum absolute atomic E-state index is 13.6. The van der Waals surface area contributed by atoms with E-state index in [0.717, 1.165) is 21.7 Å². The summed E-state index contributed by atoms with van der Waals surface area (Å²) in [6.07, 6.45) is -0.936. The average molecular weight is 678 g/mol. The van der Waals surface area contributed by atoms with Gasteiger partial charge in [0.25, 0.3) is 0 Å². The van der Waals surface area contributed by atoms with E-state index in [9.17, 15) is 19.5 Å². The number of aryl methyl sites for hydroxylation is 1. The maximum Gasteiger partial charge on any atom is 0.245 e. The van der Waals surface area contributed by atoms with Crippen molar-refractivity contribution in [2.45, 2.75) is 52.8 Å². The predicted octanol–water partition coefficient (Wildman–Crippen LogP) is 1.50. The summed E-state index contributed by atoms with van der Waals surface area (Å²) in [5.74, 6) is -1.76. The summed E-state index contributed by atoms with van der Waals surface area (Å²) in [4.78, 5) is 46.2. The van der Waals surface area contributed by atoms with Gasteiger partial charge in [0.1, 0.15) is 6.04 Å². The van der Waals surface area contributed by atoms with E-state index in [-0.39, 0.29) is 43.8 Å². The lowest BCUT2D eigenvalue weighted by Gasteiger charge is -2.33. The van der Waals surface area contributed by atoms with E-state index < -0.39 is 23.5 Å². The van der Waals surface area contributed by atoms with Crippen LogP contribution in [0.2, 0.25) is 0 Å². The van der Waals surface area contributed by atoms with Gasteiger partial charge in [-0.25, -0.2) is 4.98 Å². The fraction of sp³-hybridized carbons (Fsp3) is 0.636. The summed E-state index contributed by atoms with van der Waals surface area (Å²) in [7, 11) is 0. The number of carbonyl (C=O) groups is 3. The van der Waals surface area contributed by atoms with Crippen LogP contribution in [0.15, 0.2) is 29.8 Å². The zero-order chi connectivity index (χ0) is 34.2. The first-order valence-electron chi connectivity index (χ1n) is 16.1. The molecule has 1 aromatic heterocycles. The molecule has 1 aliphatic rings. The Labute approximate surface area is 281 Å². The van der Waals surface area contributed by atoms with Crippen molar-refractivity contribution in [3.8, 4) is 10.4 Å². The zero-order valence-corrected chi connectivity index (χ0v) is 28.8. The molecule has 1 saturated heterocycles. The Morgan fingerprint density at radius 1 is 0.979 bits per heavy atom. The number of carbonyl (C=O) groups excluding carboxylic acids is 3. The lowest BCUT2D eigenvalue weighted by molar-refractivity contribution is -0.139. The molecule has 1 aliphatic heterocycles. The third kappa shape index (κ3) is 12.9. The Bertz CT molecular complexity index is 1250. The number of hydrogen-bond donors (Lipinski definition) is 4. The average Bonchev–Trinajstić information content (AvgIpc) is 3.65. The smallest absolute Gasteiger partial charge is 0.245 e. The first kappa shape index (κ1) is 38.5. The summed E-state index contributed by atoms with van der Waals surface area (Å²) in [6, 6.07) is 7.06. The highest BCUT2D eigenvalue weighted by Gasteiger charge is 2.43. The fourth-order valence-corrected chi connectivity index (χ4v) is 5.78. The molecule has 262 valence electrons. The van der Waals surface area contributed by atoms with Gasteiger partial charge in [0.15, 0.2) is 0 Å². The second-order valence-electron chi connectivity index (χ2n) is 12.5. The number of likely N-dealkylation sites (tertiary alicyclic amines) is 1. The molecule has 1 fully saturated rings. The normalized spacial score (nSPS) is 17.1. The van der Waals surface area contributed by atoms with Gasteiger partial charge in [0.05, 0.1) is 81.0 Å². The number of hydrogen-bond acceptors (Lipinski definition) is 11. The van der Waals surface area contributed by atoms with Gasteiger partial charge in [-0.1, -0.05) is 45.0 Å². The summed E-state index contributed by atoms with van der Waals surface area (Å²) >= 11 is 1.58. The standard InChI is InChI=1S/C33H51N5O8S/c1-23-29(47-22-36-23)25-7-5-24(6-8-25)19-35-31(41)26-20-38(21-27(26)39)32(42)30(33(2,3)4)37-28(40)9-11-43-13-15-45-17-18-46-16-14-44-12-10-34/h5-8,22,26-27,30,39H,9-21,34H2,1-4H3,(H,35,41)(H,37,40)/t26-,27-,30?/m1/s1. The molecule has 14 heteroatoms. The first-order valence-corrected chi connectivity index (χ1v) is 16.9. The molecule has 2 aromatic rings. The molecular weight excluding hydrogens is 626 g/mol. The number of amides is 3. The van der Waals surface area contributed by atoms with Crippen molar-refractivity contribution in [1.82, 2.24) is 20.5 Å². The molecule has 0 spiro atoms. The Morgan fingerprint density at radius 2 is 1.57 bits per heavy atom. The van der Waals surface area contributed by atoms with Crippen LogP contribution in [0.1, 0.15) is 38.4 Å². The number of ether oxygens (including phenoxy) is 4. The van der Waals surface area contributed by atoms with Crippen molar-refractivity contribution in [3.05, 3.63) is 41.0 Å². The monoisotopic (exact) mass is 677 g/mol. The number of nitrogens with two attached hydrogens (primary N) is 1. The molecule has 0 bridgehead atoms. The van der Waals surface area contributed by atoms with Gasteiger partial charge in [0.2, 0.25) is 17.7 Å². The van der Waals surface area contributed by atoms with Gasteiger partial charge in [-0.2, -0.15) is 0 Å². The van der Waals surface area contributed by atoms with Crippen LogP contribution in [-0.2, 0) is 39.9 Å². The highest BCUT2D eigenvalue weighted by Crippen LogP contribution is 2.28. The minimum atomic E-state index is -1.01. The minimum Gasteiger partial charge on any atom is -0.390 e. The second kappa shape index (κ2) is 19.7. The van der Waals surface area contributed by atoms with Crippen molar-refractivity contribution in [2.75, 3.05) is 72.5 Å². The largest absolute Gasteiger partial charge is 0.390 e. The van der Waals surface area contributed by atoms with Crippen molar-refractivity contribution < 1.29 is 38.4 Å². The highest BCUT2D eigenvalue weighted by molar-refractivity contribution is 7.13. The quantitative estimate of drug-likeness (QED) is 0.150. The maximum atomic E-state index is 13.6. The van der Waals surface area contributed by atoms with E-state index >= 15 is 0 Å². The van der Waals surface area contributed by atoms with Gasteiger partial charge >= 0.3 is 0 Å². The molecular formula is C33H51N5O8S. The van der Waals surface area contributed by atoms with E-state index in [1.54, 1.807) is 11.3 Å². The molecule has 3 rings (SSSR count). The number of aromatic nitrogens is 1. The molecule has 3 amide bonds. The van der Waals surface area contributed by atoms with E-state index in [4.69, 9.17) is 24.7 Å². The summed E-state index contributed by atoms with van der Waals surface area (Å²) in [6.45, 7) is 11.6. The van der Waals surface area contributed by atoms with Gasteiger partial charge in [0, 0.05) is 32.6 Å². The predicted molar refractivity (Wildman–Crippen MR) is 179 cm³/mol. The van der Waals surface area contributed by atoms with Crippen LogP contribution in [0, 0.1) is 18.3 Å². The molecule has 1 aromatic carbocycles. The van der Waals surface area contributed by atoms with Gasteiger partial charge < -0.3 is 45.3 Å². The van der Waals surface area contributed by atoms with Gasteiger partial charge in [-0.05, 0) is 23.5 Å². The van der Waals surface area contributed by atoms with Crippen LogP contribution in [-0.4, -0.2) is 117 Å². The highest BCUT2D eigenvalue weighted by atomic mass is 32.1.